The zero-order valence-corrected chi connectivity index (χ0v) is 10.6. The molecule has 0 spiro atoms. The van der Waals surface area contributed by atoms with Crippen LogP contribution in [0, 0.1) is 5.92 Å². The molecule has 1 fully saturated rings. The van der Waals surface area contributed by atoms with E-state index in [4.69, 9.17) is 5.11 Å². The lowest BCUT2D eigenvalue weighted by Gasteiger charge is -2.38. The molecular weight excluding hydrogens is 240 g/mol. The number of carbonyl (C=O) groups is 1. The summed E-state index contributed by atoms with van der Waals surface area (Å²) < 4.78 is 0. The summed E-state index contributed by atoms with van der Waals surface area (Å²) in [6, 6.07) is 8.23. The third kappa shape index (κ3) is 2.58. The molecule has 3 rings (SSSR count). The van der Waals surface area contributed by atoms with E-state index in [2.05, 4.69) is 22.0 Å². The largest absolute Gasteiger partial charge is 0.481 e. The highest BCUT2D eigenvalue weighted by molar-refractivity contribution is 5.84. The third-order valence-corrected chi connectivity index (χ3v) is 3.64. The number of benzene rings is 1. The molecule has 0 unspecified atom stereocenters. The standard InChI is InChI=1S/C15H16N2O2/c18-15(19)5-11-8-17(9-11)10-13-7-16-6-12-3-1-2-4-14(12)13/h1-4,6-7,11H,5,8-10H2,(H,18,19). The molecule has 0 amide bonds. The molecule has 1 saturated heterocycles. The van der Waals surface area contributed by atoms with Crippen LogP contribution in [0.4, 0.5) is 0 Å². The first kappa shape index (κ1) is 12.1. The number of hydrogen-bond donors (Lipinski definition) is 1. The van der Waals surface area contributed by atoms with Crippen LogP contribution in [-0.2, 0) is 11.3 Å². The number of fused-ring (bicyclic) bond motifs is 1. The Morgan fingerprint density at radius 1 is 1.32 bits per heavy atom. The van der Waals surface area contributed by atoms with Gasteiger partial charge in [0.1, 0.15) is 0 Å². The molecule has 2 heterocycles. The van der Waals surface area contributed by atoms with Crippen LogP contribution in [0.15, 0.2) is 36.7 Å². The van der Waals surface area contributed by atoms with Gasteiger partial charge < -0.3 is 5.11 Å². The van der Waals surface area contributed by atoms with E-state index in [9.17, 15) is 4.79 Å². The van der Waals surface area contributed by atoms with Crippen molar-refractivity contribution in [3.8, 4) is 0 Å². The molecule has 1 aliphatic heterocycles. The first-order chi connectivity index (χ1) is 9.22. The van der Waals surface area contributed by atoms with Gasteiger partial charge in [-0.1, -0.05) is 24.3 Å². The SMILES string of the molecule is O=C(O)CC1CN(Cc2cncc3ccccc23)C1. The monoisotopic (exact) mass is 256 g/mol. The van der Waals surface area contributed by atoms with Crippen molar-refractivity contribution in [1.29, 1.82) is 0 Å². The maximum Gasteiger partial charge on any atom is 0.303 e. The second-order valence-corrected chi connectivity index (χ2v) is 5.18. The minimum atomic E-state index is -0.698. The fraction of sp³-hybridized carbons (Fsp3) is 0.333. The number of rotatable bonds is 4. The van der Waals surface area contributed by atoms with Gasteiger partial charge in [-0.2, -0.15) is 0 Å². The van der Waals surface area contributed by atoms with Gasteiger partial charge in [-0.3, -0.25) is 14.7 Å². The van der Waals surface area contributed by atoms with Gasteiger partial charge in [0.2, 0.25) is 0 Å². The smallest absolute Gasteiger partial charge is 0.303 e. The quantitative estimate of drug-likeness (QED) is 0.910. The summed E-state index contributed by atoms with van der Waals surface area (Å²) in [6.07, 6.45) is 4.07. The summed E-state index contributed by atoms with van der Waals surface area (Å²) in [5, 5.41) is 11.1. The van der Waals surface area contributed by atoms with Crippen LogP contribution in [0.25, 0.3) is 10.8 Å². The third-order valence-electron chi connectivity index (χ3n) is 3.64. The lowest BCUT2D eigenvalue weighted by molar-refractivity contribution is -0.139. The van der Waals surface area contributed by atoms with Gasteiger partial charge in [-0.25, -0.2) is 0 Å². The van der Waals surface area contributed by atoms with E-state index in [1.807, 2.05) is 24.5 Å². The highest BCUT2D eigenvalue weighted by atomic mass is 16.4. The topological polar surface area (TPSA) is 53.4 Å². The van der Waals surface area contributed by atoms with Crippen LogP contribution < -0.4 is 0 Å². The predicted molar refractivity (Wildman–Crippen MR) is 72.8 cm³/mol. The van der Waals surface area contributed by atoms with Crippen molar-refractivity contribution in [1.82, 2.24) is 9.88 Å². The summed E-state index contributed by atoms with van der Waals surface area (Å²) in [5.74, 6) is -0.392. The van der Waals surface area contributed by atoms with Crippen molar-refractivity contribution in [2.45, 2.75) is 13.0 Å². The number of pyridine rings is 1. The molecule has 1 aromatic heterocycles. The van der Waals surface area contributed by atoms with Gasteiger partial charge in [0.15, 0.2) is 0 Å². The minimum absolute atomic E-state index is 0.282. The Bertz CT molecular complexity index is 601. The summed E-state index contributed by atoms with van der Waals surface area (Å²) >= 11 is 0. The molecule has 0 atom stereocenters. The van der Waals surface area contributed by atoms with Crippen molar-refractivity contribution in [2.24, 2.45) is 5.92 Å². The van der Waals surface area contributed by atoms with Crippen molar-refractivity contribution in [2.75, 3.05) is 13.1 Å². The van der Waals surface area contributed by atoms with E-state index in [-0.39, 0.29) is 6.42 Å². The van der Waals surface area contributed by atoms with Crippen LogP contribution in [0.2, 0.25) is 0 Å². The van der Waals surface area contributed by atoms with E-state index in [0.717, 1.165) is 25.0 Å². The molecule has 0 radical (unpaired) electrons. The van der Waals surface area contributed by atoms with E-state index >= 15 is 0 Å². The average molecular weight is 256 g/mol. The number of nitrogens with zero attached hydrogens (tertiary/aromatic N) is 2. The molecule has 0 aliphatic carbocycles. The van der Waals surface area contributed by atoms with Gasteiger partial charge in [0.25, 0.3) is 0 Å². The average Bonchev–Trinajstić information content (AvgIpc) is 2.36. The summed E-state index contributed by atoms with van der Waals surface area (Å²) in [7, 11) is 0. The molecular formula is C15H16N2O2. The van der Waals surface area contributed by atoms with Crippen LogP contribution in [-0.4, -0.2) is 34.0 Å². The Balaban J connectivity index is 1.69. The fourth-order valence-corrected chi connectivity index (χ4v) is 2.73. The zero-order valence-electron chi connectivity index (χ0n) is 10.6. The van der Waals surface area contributed by atoms with E-state index in [1.54, 1.807) is 0 Å². The first-order valence-electron chi connectivity index (χ1n) is 6.48. The molecule has 4 heteroatoms. The van der Waals surface area contributed by atoms with Gasteiger partial charge in [0.05, 0.1) is 6.42 Å². The maximum absolute atomic E-state index is 10.6. The fourth-order valence-electron chi connectivity index (χ4n) is 2.73. The molecule has 1 N–H and O–H groups in total. The van der Waals surface area contributed by atoms with Crippen molar-refractivity contribution >= 4 is 16.7 Å². The summed E-state index contributed by atoms with van der Waals surface area (Å²) in [5.41, 5.74) is 1.21. The minimum Gasteiger partial charge on any atom is -0.481 e. The van der Waals surface area contributed by atoms with Crippen LogP contribution >= 0.6 is 0 Å². The summed E-state index contributed by atoms with van der Waals surface area (Å²) in [4.78, 5) is 17.2. The van der Waals surface area contributed by atoms with Crippen LogP contribution in [0.1, 0.15) is 12.0 Å². The Labute approximate surface area is 111 Å². The van der Waals surface area contributed by atoms with Gasteiger partial charge >= 0.3 is 5.97 Å². The second kappa shape index (κ2) is 4.97. The second-order valence-electron chi connectivity index (χ2n) is 5.18. The molecule has 98 valence electrons. The maximum atomic E-state index is 10.6. The summed E-state index contributed by atoms with van der Waals surface area (Å²) in [6.45, 7) is 2.59. The van der Waals surface area contributed by atoms with Crippen molar-refractivity contribution in [3.05, 3.63) is 42.2 Å². The van der Waals surface area contributed by atoms with Gasteiger partial charge in [-0.05, 0) is 16.9 Å². The van der Waals surface area contributed by atoms with Crippen molar-refractivity contribution in [3.63, 3.8) is 0 Å². The molecule has 0 saturated carbocycles. The lowest BCUT2D eigenvalue weighted by atomic mass is 9.95. The van der Waals surface area contributed by atoms with E-state index < -0.39 is 5.97 Å². The zero-order chi connectivity index (χ0) is 13.2. The molecule has 19 heavy (non-hydrogen) atoms. The number of aliphatic carboxylic acids is 1. The van der Waals surface area contributed by atoms with E-state index in [0.29, 0.717) is 5.92 Å². The number of carboxylic acids is 1. The predicted octanol–water partition coefficient (Wildman–Crippen LogP) is 2.14. The van der Waals surface area contributed by atoms with E-state index in [1.165, 1.54) is 10.9 Å². The molecule has 4 nitrogen and oxygen atoms in total. The van der Waals surface area contributed by atoms with Crippen molar-refractivity contribution < 1.29 is 9.90 Å². The highest BCUT2D eigenvalue weighted by Gasteiger charge is 2.28. The number of likely N-dealkylation sites (tertiary alicyclic amines) is 1. The molecule has 2 aromatic rings. The van der Waals surface area contributed by atoms with Crippen LogP contribution in [0.5, 0.6) is 0 Å². The van der Waals surface area contributed by atoms with Crippen LogP contribution in [0.3, 0.4) is 0 Å². The molecule has 1 aromatic carbocycles. The number of hydrogen-bond acceptors (Lipinski definition) is 3. The normalized spacial score (nSPS) is 16.4. The molecule has 0 bridgehead atoms. The Hall–Kier alpha value is -1.94. The number of carboxylic acid groups (broad SMARTS) is 1. The van der Waals surface area contributed by atoms with Gasteiger partial charge in [0, 0.05) is 37.4 Å². The first-order valence-corrected chi connectivity index (χ1v) is 6.48. The lowest BCUT2D eigenvalue weighted by Crippen LogP contribution is -2.46. The Kier molecular flexibility index (Phi) is 3.17. The Morgan fingerprint density at radius 2 is 2.11 bits per heavy atom. The number of aromatic nitrogens is 1. The Morgan fingerprint density at radius 3 is 2.89 bits per heavy atom. The highest BCUT2D eigenvalue weighted by Crippen LogP contribution is 2.24. The van der Waals surface area contributed by atoms with Gasteiger partial charge in [-0.15, -0.1) is 0 Å². The molecule has 1 aliphatic rings.